The summed E-state index contributed by atoms with van der Waals surface area (Å²) in [6.07, 6.45) is 6.39. The maximum Gasteiger partial charge on any atom is 0.156 e. The molecule has 0 aromatic heterocycles. The highest BCUT2D eigenvalue weighted by atomic mass is 16.1. The number of rotatable bonds is 0. The molecule has 0 bridgehead atoms. The van der Waals surface area contributed by atoms with E-state index in [-0.39, 0.29) is 5.41 Å². The zero-order valence-corrected chi connectivity index (χ0v) is 7.89. The van der Waals surface area contributed by atoms with Crippen molar-refractivity contribution in [1.29, 1.82) is 0 Å². The normalized spacial score (nSPS) is 41.0. The zero-order valence-electron chi connectivity index (χ0n) is 7.89. The molecule has 12 heavy (non-hydrogen) atoms. The van der Waals surface area contributed by atoms with Crippen LogP contribution < -0.4 is 0 Å². The van der Waals surface area contributed by atoms with Gasteiger partial charge in [-0.25, -0.2) is 0 Å². The van der Waals surface area contributed by atoms with Crippen LogP contribution in [0.4, 0.5) is 0 Å². The van der Waals surface area contributed by atoms with Gasteiger partial charge in [0.2, 0.25) is 0 Å². The van der Waals surface area contributed by atoms with Gasteiger partial charge in [0, 0.05) is 6.42 Å². The van der Waals surface area contributed by atoms with Crippen molar-refractivity contribution in [1.82, 2.24) is 0 Å². The average molecular weight is 164 g/mol. The van der Waals surface area contributed by atoms with Crippen molar-refractivity contribution in [3.63, 3.8) is 0 Å². The van der Waals surface area contributed by atoms with Crippen molar-refractivity contribution >= 4 is 5.78 Å². The topological polar surface area (TPSA) is 17.1 Å². The third-order valence-electron chi connectivity index (χ3n) is 3.78. The second kappa shape index (κ2) is 2.45. The van der Waals surface area contributed by atoms with Gasteiger partial charge in [-0.2, -0.15) is 0 Å². The summed E-state index contributed by atoms with van der Waals surface area (Å²) >= 11 is 0. The van der Waals surface area contributed by atoms with Gasteiger partial charge in [0.1, 0.15) is 0 Å². The van der Waals surface area contributed by atoms with Gasteiger partial charge >= 0.3 is 0 Å². The van der Waals surface area contributed by atoms with Crippen molar-refractivity contribution in [2.24, 2.45) is 11.3 Å². The first-order valence-electron chi connectivity index (χ1n) is 4.87. The molecule has 1 saturated carbocycles. The molecule has 0 spiro atoms. The lowest BCUT2D eigenvalue weighted by Gasteiger charge is -2.38. The summed E-state index contributed by atoms with van der Waals surface area (Å²) in [5.74, 6) is 1.05. The van der Waals surface area contributed by atoms with Crippen LogP contribution in [-0.2, 0) is 4.79 Å². The van der Waals surface area contributed by atoms with Crippen LogP contribution in [0.2, 0.25) is 0 Å². The first-order chi connectivity index (χ1) is 5.63. The largest absolute Gasteiger partial charge is 0.295 e. The second-order valence-corrected chi connectivity index (χ2v) is 4.52. The summed E-state index contributed by atoms with van der Waals surface area (Å²) < 4.78 is 0. The Kier molecular flexibility index (Phi) is 1.64. The number of ketones is 1. The van der Waals surface area contributed by atoms with Crippen LogP contribution in [0.25, 0.3) is 0 Å². The Balaban J connectivity index is 2.34. The minimum atomic E-state index is 0.231. The molecule has 66 valence electrons. The summed E-state index contributed by atoms with van der Waals surface area (Å²) in [5, 5.41) is 0. The van der Waals surface area contributed by atoms with E-state index < -0.39 is 0 Å². The molecule has 1 nitrogen and oxygen atoms in total. The molecule has 2 aliphatic carbocycles. The standard InChI is InChI=1S/C11H16O/c1-8-4-3-5-9-6-10(12)7-11(8,9)2/h6,8H,3-5,7H2,1-2H3/t8-,11-/m0/s1. The maximum absolute atomic E-state index is 11.3. The Labute approximate surface area is 73.8 Å². The molecule has 0 aromatic carbocycles. The van der Waals surface area contributed by atoms with Crippen LogP contribution in [0.3, 0.4) is 0 Å². The number of carbonyl (C=O) groups is 1. The second-order valence-electron chi connectivity index (χ2n) is 4.52. The van der Waals surface area contributed by atoms with Gasteiger partial charge in [-0.05, 0) is 36.7 Å². The molecule has 0 saturated heterocycles. The van der Waals surface area contributed by atoms with Crippen LogP contribution in [0, 0.1) is 11.3 Å². The fourth-order valence-electron chi connectivity index (χ4n) is 2.65. The van der Waals surface area contributed by atoms with Crippen molar-refractivity contribution in [2.45, 2.75) is 39.5 Å². The van der Waals surface area contributed by atoms with Gasteiger partial charge in [-0.15, -0.1) is 0 Å². The van der Waals surface area contributed by atoms with Gasteiger partial charge in [0.15, 0.2) is 5.78 Å². The lowest BCUT2D eigenvalue weighted by Crippen LogP contribution is -2.29. The highest BCUT2D eigenvalue weighted by Crippen LogP contribution is 2.50. The van der Waals surface area contributed by atoms with E-state index in [0.29, 0.717) is 11.7 Å². The molecular formula is C11H16O. The van der Waals surface area contributed by atoms with Crippen LogP contribution in [0.15, 0.2) is 11.6 Å². The fourth-order valence-corrected chi connectivity index (χ4v) is 2.65. The predicted octanol–water partition coefficient (Wildman–Crippen LogP) is 2.71. The Hall–Kier alpha value is -0.590. The average Bonchev–Trinajstić information content (AvgIpc) is 2.27. The Morgan fingerprint density at radius 1 is 1.58 bits per heavy atom. The van der Waals surface area contributed by atoms with Gasteiger partial charge in [-0.1, -0.05) is 19.4 Å². The lowest BCUT2D eigenvalue weighted by molar-refractivity contribution is -0.115. The van der Waals surface area contributed by atoms with Crippen LogP contribution in [0.5, 0.6) is 0 Å². The summed E-state index contributed by atoms with van der Waals surface area (Å²) in [6, 6.07) is 0. The number of carbonyl (C=O) groups excluding carboxylic acids is 1. The fraction of sp³-hybridized carbons (Fsp3) is 0.727. The molecule has 0 N–H and O–H groups in total. The van der Waals surface area contributed by atoms with Crippen molar-refractivity contribution in [3.8, 4) is 0 Å². The molecule has 2 aliphatic rings. The molecule has 2 atom stereocenters. The Bertz CT molecular complexity index is 252. The molecular weight excluding hydrogens is 148 g/mol. The Morgan fingerprint density at radius 3 is 3.00 bits per heavy atom. The molecule has 0 heterocycles. The summed E-state index contributed by atoms with van der Waals surface area (Å²) in [6.45, 7) is 4.54. The molecule has 0 aliphatic heterocycles. The van der Waals surface area contributed by atoms with E-state index in [0.717, 1.165) is 12.8 Å². The minimum absolute atomic E-state index is 0.231. The SMILES string of the molecule is C[C@H]1CCCC2=CC(=O)C[C@]21C. The summed E-state index contributed by atoms with van der Waals surface area (Å²) in [4.78, 5) is 11.3. The van der Waals surface area contributed by atoms with Gasteiger partial charge in [0.25, 0.3) is 0 Å². The van der Waals surface area contributed by atoms with Gasteiger partial charge in [-0.3, -0.25) is 4.79 Å². The maximum atomic E-state index is 11.3. The van der Waals surface area contributed by atoms with Crippen molar-refractivity contribution < 1.29 is 4.79 Å². The summed E-state index contributed by atoms with van der Waals surface area (Å²) in [7, 11) is 0. The van der Waals surface area contributed by atoms with E-state index in [9.17, 15) is 4.79 Å². The predicted molar refractivity (Wildman–Crippen MR) is 48.8 cm³/mol. The van der Waals surface area contributed by atoms with E-state index in [2.05, 4.69) is 13.8 Å². The van der Waals surface area contributed by atoms with Crippen molar-refractivity contribution in [2.75, 3.05) is 0 Å². The van der Waals surface area contributed by atoms with Crippen LogP contribution in [-0.4, -0.2) is 5.78 Å². The molecule has 2 rings (SSSR count). The number of hydrogen-bond acceptors (Lipinski definition) is 1. The highest BCUT2D eigenvalue weighted by Gasteiger charge is 2.42. The number of fused-ring (bicyclic) bond motifs is 1. The first kappa shape index (κ1) is 8.03. The van der Waals surface area contributed by atoms with Crippen LogP contribution >= 0.6 is 0 Å². The highest BCUT2D eigenvalue weighted by molar-refractivity contribution is 5.94. The quantitative estimate of drug-likeness (QED) is 0.538. The van der Waals surface area contributed by atoms with Crippen LogP contribution in [0.1, 0.15) is 39.5 Å². The van der Waals surface area contributed by atoms with E-state index in [1.165, 1.54) is 18.4 Å². The van der Waals surface area contributed by atoms with Gasteiger partial charge < -0.3 is 0 Å². The molecule has 0 radical (unpaired) electrons. The lowest BCUT2D eigenvalue weighted by atomic mass is 9.66. The van der Waals surface area contributed by atoms with Crippen molar-refractivity contribution in [3.05, 3.63) is 11.6 Å². The summed E-state index contributed by atoms with van der Waals surface area (Å²) in [5.41, 5.74) is 1.65. The first-order valence-corrected chi connectivity index (χ1v) is 4.87. The minimum Gasteiger partial charge on any atom is -0.295 e. The zero-order chi connectivity index (χ0) is 8.77. The number of hydrogen-bond donors (Lipinski definition) is 0. The smallest absolute Gasteiger partial charge is 0.156 e. The van der Waals surface area contributed by atoms with Gasteiger partial charge in [0.05, 0.1) is 0 Å². The molecule has 0 unspecified atom stereocenters. The van der Waals surface area contributed by atoms with E-state index in [1.54, 1.807) is 0 Å². The van der Waals surface area contributed by atoms with E-state index in [4.69, 9.17) is 0 Å². The third-order valence-corrected chi connectivity index (χ3v) is 3.78. The molecule has 0 amide bonds. The van der Waals surface area contributed by atoms with E-state index in [1.807, 2.05) is 6.08 Å². The van der Waals surface area contributed by atoms with E-state index >= 15 is 0 Å². The molecule has 1 fully saturated rings. The Morgan fingerprint density at radius 2 is 2.33 bits per heavy atom. The monoisotopic (exact) mass is 164 g/mol. The number of allylic oxidation sites excluding steroid dienone is 2. The molecule has 0 aromatic rings. The molecule has 1 heteroatoms. The third kappa shape index (κ3) is 0.954.